The minimum atomic E-state index is -4.38. The molecule has 27 heavy (non-hydrogen) atoms. The smallest absolute Gasteiger partial charge is 0.373 e. The molecule has 1 aromatic rings. The quantitative estimate of drug-likeness (QED) is 0.784. The molecule has 2 unspecified atom stereocenters. The number of alkyl halides is 3. The van der Waals surface area contributed by atoms with Crippen LogP contribution in [0.5, 0.6) is 0 Å². The highest BCUT2D eigenvalue weighted by molar-refractivity contribution is 5.85. The first kappa shape index (κ1) is 21.9. The summed E-state index contributed by atoms with van der Waals surface area (Å²) >= 11 is 0. The van der Waals surface area contributed by atoms with Crippen molar-refractivity contribution in [2.24, 2.45) is 0 Å². The Labute approximate surface area is 163 Å². The maximum Gasteiger partial charge on any atom is 0.405 e. The van der Waals surface area contributed by atoms with Gasteiger partial charge in [-0.15, -0.1) is 12.4 Å². The number of benzene rings is 1. The SMILES string of the molecule is Cl.O=C(CC1OCCc2ccccc21)NCC(N1CCNCC1)C(F)(F)F. The Morgan fingerprint density at radius 1 is 1.30 bits per heavy atom. The number of piperazine rings is 1. The minimum absolute atomic E-state index is 0. The molecule has 1 fully saturated rings. The highest BCUT2D eigenvalue weighted by Crippen LogP contribution is 2.29. The molecule has 9 heteroatoms. The second-order valence-corrected chi connectivity index (χ2v) is 6.66. The van der Waals surface area contributed by atoms with Crippen molar-refractivity contribution < 1.29 is 22.7 Å². The number of amides is 1. The molecule has 0 bridgehead atoms. The van der Waals surface area contributed by atoms with Crippen LogP contribution in [0.3, 0.4) is 0 Å². The number of carbonyl (C=O) groups is 1. The van der Waals surface area contributed by atoms with Gasteiger partial charge in [0.25, 0.3) is 0 Å². The van der Waals surface area contributed by atoms with E-state index in [0.717, 1.165) is 17.5 Å². The van der Waals surface area contributed by atoms with Gasteiger partial charge in [0, 0.05) is 32.7 Å². The van der Waals surface area contributed by atoms with Crippen LogP contribution < -0.4 is 10.6 Å². The summed E-state index contributed by atoms with van der Waals surface area (Å²) in [5, 5.41) is 5.50. The zero-order valence-electron chi connectivity index (χ0n) is 14.9. The van der Waals surface area contributed by atoms with Crippen LogP contribution in [0, 0.1) is 0 Å². The maximum absolute atomic E-state index is 13.4. The first-order valence-electron chi connectivity index (χ1n) is 8.93. The van der Waals surface area contributed by atoms with Crippen molar-refractivity contribution in [3.63, 3.8) is 0 Å². The van der Waals surface area contributed by atoms with Gasteiger partial charge in [-0.05, 0) is 17.5 Å². The van der Waals surface area contributed by atoms with Crippen molar-refractivity contribution in [2.45, 2.75) is 31.2 Å². The lowest BCUT2D eigenvalue weighted by Gasteiger charge is -2.36. The Hall–Kier alpha value is -1.35. The predicted octanol–water partition coefficient (Wildman–Crippen LogP) is 2.06. The highest BCUT2D eigenvalue weighted by Gasteiger charge is 2.43. The van der Waals surface area contributed by atoms with E-state index in [4.69, 9.17) is 4.74 Å². The van der Waals surface area contributed by atoms with E-state index < -0.39 is 30.8 Å². The Morgan fingerprint density at radius 3 is 2.70 bits per heavy atom. The second-order valence-electron chi connectivity index (χ2n) is 6.66. The van der Waals surface area contributed by atoms with Gasteiger partial charge in [-0.3, -0.25) is 9.69 Å². The Balaban J connectivity index is 0.00000261. The van der Waals surface area contributed by atoms with E-state index in [2.05, 4.69) is 10.6 Å². The molecule has 0 aliphatic carbocycles. The average molecular weight is 408 g/mol. The molecule has 152 valence electrons. The first-order chi connectivity index (χ1) is 12.4. The topological polar surface area (TPSA) is 53.6 Å². The fourth-order valence-corrected chi connectivity index (χ4v) is 3.54. The molecule has 2 N–H and O–H groups in total. The van der Waals surface area contributed by atoms with Gasteiger partial charge in [0.05, 0.1) is 19.1 Å². The summed E-state index contributed by atoms with van der Waals surface area (Å²) < 4.78 is 45.8. The molecule has 2 atom stereocenters. The van der Waals surface area contributed by atoms with Crippen molar-refractivity contribution in [1.82, 2.24) is 15.5 Å². The van der Waals surface area contributed by atoms with Crippen LogP contribution in [-0.4, -0.2) is 62.4 Å². The van der Waals surface area contributed by atoms with Crippen molar-refractivity contribution in [3.8, 4) is 0 Å². The molecule has 5 nitrogen and oxygen atoms in total. The molecule has 2 heterocycles. The average Bonchev–Trinajstić information content (AvgIpc) is 2.62. The lowest BCUT2D eigenvalue weighted by atomic mass is 9.95. The molecule has 3 rings (SSSR count). The van der Waals surface area contributed by atoms with Crippen LogP contribution in [0.15, 0.2) is 24.3 Å². The summed E-state index contributed by atoms with van der Waals surface area (Å²) in [6, 6.07) is 6.05. The number of carbonyl (C=O) groups excluding carboxylic acids is 1. The second kappa shape index (κ2) is 9.73. The molecular formula is C18H25ClF3N3O2. The van der Waals surface area contributed by atoms with E-state index in [1.54, 1.807) is 0 Å². The summed E-state index contributed by atoms with van der Waals surface area (Å²) in [6.45, 7) is 1.76. The summed E-state index contributed by atoms with van der Waals surface area (Å²) in [4.78, 5) is 13.6. The fraction of sp³-hybridized carbons (Fsp3) is 0.611. The zero-order valence-corrected chi connectivity index (χ0v) is 15.7. The van der Waals surface area contributed by atoms with Crippen molar-refractivity contribution in [3.05, 3.63) is 35.4 Å². The molecule has 1 aromatic carbocycles. The lowest BCUT2D eigenvalue weighted by molar-refractivity contribution is -0.184. The number of ether oxygens (including phenoxy) is 1. The maximum atomic E-state index is 13.4. The normalized spacial score (nSPS) is 21.7. The number of nitrogens with one attached hydrogen (secondary N) is 2. The van der Waals surface area contributed by atoms with Crippen LogP contribution >= 0.6 is 12.4 Å². The standard InChI is InChI=1S/C18H24F3N3O2.ClH/c19-18(20,21)16(24-8-6-22-7-9-24)12-23-17(25)11-15-14-4-2-1-3-13(14)5-10-26-15;/h1-4,15-16,22H,5-12H2,(H,23,25);1H. The molecule has 2 aliphatic rings. The van der Waals surface area contributed by atoms with Gasteiger partial charge in [0.15, 0.2) is 0 Å². The van der Waals surface area contributed by atoms with Crippen LogP contribution in [0.2, 0.25) is 0 Å². The lowest BCUT2D eigenvalue weighted by Crippen LogP contribution is -2.57. The Kier molecular flexibility index (Phi) is 7.91. The molecule has 0 aromatic heterocycles. The first-order valence-corrected chi connectivity index (χ1v) is 8.93. The van der Waals surface area contributed by atoms with Crippen LogP contribution in [-0.2, 0) is 16.0 Å². The molecule has 2 aliphatic heterocycles. The molecule has 1 saturated heterocycles. The highest BCUT2D eigenvalue weighted by atomic mass is 35.5. The number of rotatable bonds is 5. The number of fused-ring (bicyclic) bond motifs is 1. The summed E-state index contributed by atoms with van der Waals surface area (Å²) in [5.41, 5.74) is 2.08. The van der Waals surface area contributed by atoms with E-state index >= 15 is 0 Å². The molecule has 0 radical (unpaired) electrons. The Morgan fingerprint density at radius 2 is 2.00 bits per heavy atom. The van der Waals surface area contributed by atoms with Crippen LogP contribution in [0.1, 0.15) is 23.7 Å². The van der Waals surface area contributed by atoms with Crippen LogP contribution in [0.4, 0.5) is 13.2 Å². The van der Waals surface area contributed by atoms with Gasteiger partial charge in [-0.2, -0.15) is 13.2 Å². The van der Waals surface area contributed by atoms with E-state index in [9.17, 15) is 18.0 Å². The van der Waals surface area contributed by atoms with Gasteiger partial charge in [0.2, 0.25) is 5.91 Å². The van der Waals surface area contributed by atoms with E-state index in [1.165, 1.54) is 4.90 Å². The third-order valence-electron chi connectivity index (χ3n) is 4.93. The van der Waals surface area contributed by atoms with Gasteiger partial charge in [-0.1, -0.05) is 24.3 Å². The van der Waals surface area contributed by atoms with Gasteiger partial charge in [-0.25, -0.2) is 0 Å². The number of hydrogen-bond donors (Lipinski definition) is 2. The minimum Gasteiger partial charge on any atom is -0.373 e. The van der Waals surface area contributed by atoms with E-state index in [-0.39, 0.29) is 18.8 Å². The van der Waals surface area contributed by atoms with Gasteiger partial charge < -0.3 is 15.4 Å². The third kappa shape index (κ3) is 5.81. The third-order valence-corrected chi connectivity index (χ3v) is 4.93. The fourth-order valence-electron chi connectivity index (χ4n) is 3.54. The molecule has 0 saturated carbocycles. The van der Waals surface area contributed by atoms with E-state index in [0.29, 0.717) is 32.8 Å². The van der Waals surface area contributed by atoms with Crippen molar-refractivity contribution >= 4 is 18.3 Å². The summed E-state index contributed by atoms with van der Waals surface area (Å²) in [6.07, 6.45) is -3.96. The largest absolute Gasteiger partial charge is 0.405 e. The van der Waals surface area contributed by atoms with Crippen LogP contribution in [0.25, 0.3) is 0 Å². The summed E-state index contributed by atoms with van der Waals surface area (Å²) in [7, 11) is 0. The Bertz CT molecular complexity index is 624. The van der Waals surface area contributed by atoms with Gasteiger partial charge >= 0.3 is 6.18 Å². The monoisotopic (exact) mass is 407 g/mol. The van der Waals surface area contributed by atoms with Crippen molar-refractivity contribution in [1.29, 1.82) is 0 Å². The van der Waals surface area contributed by atoms with E-state index in [1.807, 2.05) is 24.3 Å². The molecule has 1 amide bonds. The predicted molar refractivity (Wildman–Crippen MR) is 98.0 cm³/mol. The summed E-state index contributed by atoms with van der Waals surface area (Å²) in [5.74, 6) is -0.420. The molecule has 0 spiro atoms. The van der Waals surface area contributed by atoms with Gasteiger partial charge in [0.1, 0.15) is 6.04 Å². The molecular weight excluding hydrogens is 383 g/mol. The zero-order chi connectivity index (χ0) is 18.6. The van der Waals surface area contributed by atoms with Crippen molar-refractivity contribution in [2.75, 3.05) is 39.3 Å². The number of halogens is 4. The number of hydrogen-bond acceptors (Lipinski definition) is 4. The number of nitrogens with zero attached hydrogens (tertiary/aromatic N) is 1.